The summed E-state index contributed by atoms with van der Waals surface area (Å²) in [6.45, 7) is -1.18. The Balaban J connectivity index is 0.651. The number of carboxylic acid groups (broad SMARTS) is 1. The summed E-state index contributed by atoms with van der Waals surface area (Å²) in [4.78, 5) is 116. The van der Waals surface area contributed by atoms with E-state index in [1.807, 2.05) is 48.5 Å². The molecule has 8 amide bonds. The molecule has 0 unspecified atom stereocenters. The molecule has 1 atom stereocenters. The average molecular weight is 1090 g/mol. The smallest absolute Gasteiger partial charge is 0.345 e. The van der Waals surface area contributed by atoms with Crippen molar-refractivity contribution in [3.63, 3.8) is 0 Å². The number of nitrogens with one attached hydrogen (secondary N) is 4. The number of anilines is 1. The van der Waals surface area contributed by atoms with E-state index < -0.39 is 60.0 Å². The summed E-state index contributed by atoms with van der Waals surface area (Å²) in [7, 11) is 0. The van der Waals surface area contributed by atoms with Crippen LogP contribution in [0.3, 0.4) is 0 Å². The number of rotatable bonds is 20. The number of benzene rings is 7. The number of nitrogens with zero attached hydrogens (tertiary/aromatic N) is 4. The summed E-state index contributed by atoms with van der Waals surface area (Å²) in [5, 5.41) is 68.9. The van der Waals surface area contributed by atoms with Crippen molar-refractivity contribution in [2.24, 2.45) is 0 Å². The average Bonchev–Trinajstić information content (AvgIpc) is 4.11. The van der Waals surface area contributed by atoms with Crippen LogP contribution in [0.25, 0.3) is 65.7 Å². The zero-order valence-corrected chi connectivity index (χ0v) is 42.8. The quantitative estimate of drug-likeness (QED) is 0.0145. The Morgan fingerprint density at radius 2 is 1.27 bits per heavy atom. The minimum absolute atomic E-state index is 0.0113. The molecule has 1 saturated heterocycles. The zero-order chi connectivity index (χ0) is 56.8. The summed E-state index contributed by atoms with van der Waals surface area (Å²) in [6, 6.07) is 27.6. The minimum atomic E-state index is -1.36. The lowest BCUT2D eigenvalue weighted by atomic mass is 9.90. The third-order valence-electron chi connectivity index (χ3n) is 13.9. The number of hydroxylamine groups is 6. The number of hydrogen-bond acceptors (Lipinski definition) is 14. The van der Waals surface area contributed by atoms with Gasteiger partial charge in [0.15, 0.2) is 5.43 Å². The van der Waals surface area contributed by atoms with Crippen molar-refractivity contribution in [1.29, 1.82) is 0 Å². The van der Waals surface area contributed by atoms with Crippen LogP contribution in [0.2, 0.25) is 0 Å². The number of fused-ring (bicyclic) bond motifs is 2. The van der Waals surface area contributed by atoms with Crippen LogP contribution in [0.1, 0.15) is 59.2 Å². The maximum atomic E-state index is 13.5. The third kappa shape index (κ3) is 12.0. The van der Waals surface area contributed by atoms with Gasteiger partial charge in [-0.05, 0) is 93.2 Å². The Morgan fingerprint density at radius 1 is 0.625 bits per heavy atom. The van der Waals surface area contributed by atoms with Crippen LogP contribution in [-0.4, -0.2) is 145 Å². The molecule has 2 heterocycles. The van der Waals surface area contributed by atoms with Gasteiger partial charge in [0.2, 0.25) is 29.5 Å². The van der Waals surface area contributed by atoms with E-state index in [-0.39, 0.29) is 115 Å². The number of phenolic OH excluding ortho intramolecular Hbond substituents is 1. The largest absolute Gasteiger partial charge is 0.508 e. The first-order valence-corrected chi connectivity index (χ1v) is 25.6. The van der Waals surface area contributed by atoms with Gasteiger partial charge in [0.1, 0.15) is 23.1 Å². The van der Waals surface area contributed by atoms with E-state index in [1.165, 1.54) is 59.5 Å². The Labute approximate surface area is 454 Å². The molecule has 23 heteroatoms. The molecule has 0 bridgehead atoms. The van der Waals surface area contributed by atoms with Gasteiger partial charge in [-0.3, -0.25) is 49.2 Å². The first-order valence-electron chi connectivity index (χ1n) is 25.6. The fourth-order valence-electron chi connectivity index (χ4n) is 9.96. The molecule has 0 spiro atoms. The highest BCUT2D eigenvalue weighted by Gasteiger charge is 2.34. The molecule has 6 aromatic rings. The summed E-state index contributed by atoms with van der Waals surface area (Å²) in [5.74, 6) is -4.92. The first kappa shape index (κ1) is 55.1. The van der Waals surface area contributed by atoms with E-state index in [0.717, 1.165) is 26.9 Å². The lowest BCUT2D eigenvalue weighted by Gasteiger charge is -2.25. The first-order chi connectivity index (χ1) is 38.4. The van der Waals surface area contributed by atoms with Gasteiger partial charge >= 0.3 is 12.0 Å². The maximum Gasteiger partial charge on any atom is 0.345 e. The lowest BCUT2D eigenvalue weighted by molar-refractivity contribution is -0.166. The van der Waals surface area contributed by atoms with Gasteiger partial charge in [-0.25, -0.2) is 24.8 Å². The number of urea groups is 1. The van der Waals surface area contributed by atoms with Gasteiger partial charge < -0.3 is 40.8 Å². The Kier molecular flexibility index (Phi) is 16.4. The molecule has 9 N–H and O–H groups in total. The van der Waals surface area contributed by atoms with E-state index in [1.54, 1.807) is 6.07 Å². The zero-order valence-electron chi connectivity index (χ0n) is 42.8. The second-order valence-corrected chi connectivity index (χ2v) is 19.1. The van der Waals surface area contributed by atoms with Gasteiger partial charge in [-0.1, -0.05) is 54.6 Å². The molecule has 0 saturated carbocycles. The number of carbonyl (C=O) groups is 8. The highest BCUT2D eigenvalue weighted by atomic mass is 16.5. The summed E-state index contributed by atoms with van der Waals surface area (Å²) < 4.78 is 5.84. The molecular weight excluding hydrogens is 1040 g/mol. The van der Waals surface area contributed by atoms with Gasteiger partial charge in [-0.2, -0.15) is 0 Å². The minimum Gasteiger partial charge on any atom is -0.508 e. The van der Waals surface area contributed by atoms with Crippen molar-refractivity contribution in [3.05, 3.63) is 131 Å². The van der Waals surface area contributed by atoms with Crippen molar-refractivity contribution < 1.29 is 68.6 Å². The number of likely N-dealkylation sites (tertiary alicyclic amines) is 1. The van der Waals surface area contributed by atoms with Crippen molar-refractivity contribution in [1.82, 2.24) is 36.0 Å². The number of hydrogen-bond donors (Lipinski definition) is 9. The van der Waals surface area contributed by atoms with E-state index >= 15 is 0 Å². The second-order valence-electron chi connectivity index (χ2n) is 19.1. The molecule has 0 radical (unpaired) electrons. The number of aromatic hydroxyl groups is 1. The number of carbonyl (C=O) groups excluding carboxylic acids is 7. The van der Waals surface area contributed by atoms with E-state index in [0.29, 0.717) is 44.9 Å². The highest BCUT2D eigenvalue weighted by molar-refractivity contribution is 6.26. The second kappa shape index (κ2) is 23.9. The molecule has 1 fully saturated rings. The topological polar surface area (TPSA) is 329 Å². The third-order valence-corrected chi connectivity index (χ3v) is 13.9. The van der Waals surface area contributed by atoms with E-state index in [2.05, 4.69) is 21.3 Å². The maximum absolute atomic E-state index is 13.5. The van der Waals surface area contributed by atoms with Crippen LogP contribution in [-0.2, 0) is 24.0 Å². The van der Waals surface area contributed by atoms with E-state index in [4.69, 9.17) is 4.42 Å². The van der Waals surface area contributed by atoms with Crippen LogP contribution < -0.4 is 26.7 Å². The van der Waals surface area contributed by atoms with Crippen LogP contribution in [0.4, 0.5) is 10.5 Å². The van der Waals surface area contributed by atoms with Gasteiger partial charge in [0, 0.05) is 91.8 Å². The number of aromatic carboxylic acids is 1. The van der Waals surface area contributed by atoms with Crippen LogP contribution in [0, 0.1) is 0 Å². The SMILES string of the molecule is O=C(CCN(O)C(=O)CCNC(=O)[C@@H]1CCCN1C(=O)CCN(O)C(=O)c1ccc2ccc3cccc4ccc1c2c34)NCCNC(=O)CCN(O)C(=O)Nc1ccc(-c2c3ccc(=O)cc-3oc3cc(O)ccc23)c(C(=O)O)c1. The van der Waals surface area contributed by atoms with Gasteiger partial charge in [0.05, 0.1) is 25.2 Å². The molecular formula is C57H54N8O15. The van der Waals surface area contributed by atoms with Crippen LogP contribution in [0.15, 0.2) is 118 Å². The molecule has 1 aliphatic carbocycles. The van der Waals surface area contributed by atoms with Gasteiger partial charge in [0.25, 0.3) is 5.91 Å². The van der Waals surface area contributed by atoms with E-state index in [9.17, 15) is 69.0 Å². The summed E-state index contributed by atoms with van der Waals surface area (Å²) >= 11 is 0. The van der Waals surface area contributed by atoms with Crippen molar-refractivity contribution in [2.75, 3.05) is 51.1 Å². The normalized spacial score (nSPS) is 13.2. The van der Waals surface area contributed by atoms with Crippen molar-refractivity contribution >= 4 is 96.4 Å². The van der Waals surface area contributed by atoms with Crippen LogP contribution in [0.5, 0.6) is 5.75 Å². The van der Waals surface area contributed by atoms with Crippen LogP contribution >= 0.6 is 0 Å². The van der Waals surface area contributed by atoms with Gasteiger partial charge in [-0.15, -0.1) is 0 Å². The fraction of sp³-hybridized carbons (Fsp3) is 0.246. The number of amides is 8. The lowest BCUT2D eigenvalue weighted by Crippen LogP contribution is -2.47. The molecule has 0 aromatic heterocycles. The molecule has 3 aliphatic rings. The van der Waals surface area contributed by atoms with Crippen molar-refractivity contribution in [2.45, 2.75) is 44.6 Å². The standard InChI is InChI=1S/C57H54N8O15/c66-36-11-16-41-45(30-36)80-46-31-37(67)12-17-42(46)53(41)39-15-10-35(29-43(39)56(74)75)61-57(76)65(79)27-20-48(69)59-24-23-58-47(68)19-26-63(77)50(71)18-22-60-54(72)44-5-2-25-62(44)49(70)21-28-64(78)55(73)40-14-9-34-7-6-32-3-1-4-33-8-13-38(40)52(34)51(32)33/h1,3-4,6-17,29-31,44,66,77-79H,2,5,18-28H2,(H,58,68)(H,59,69)(H,60,72)(H,61,76)(H,74,75)/t44-/m0/s1. The Bertz CT molecular complexity index is 3760. The molecule has 23 nitrogen and oxygen atoms in total. The predicted molar refractivity (Wildman–Crippen MR) is 289 cm³/mol. The molecule has 412 valence electrons. The molecule has 2 aliphatic heterocycles. The fourth-order valence-corrected chi connectivity index (χ4v) is 9.96. The molecule has 9 rings (SSSR count). The monoisotopic (exact) mass is 1090 g/mol. The summed E-state index contributed by atoms with van der Waals surface area (Å²) in [5.41, 5.74) is 0.839. The Morgan fingerprint density at radius 3 is 2.00 bits per heavy atom. The summed E-state index contributed by atoms with van der Waals surface area (Å²) in [6.07, 6.45) is -0.372. The molecule has 6 aromatic carbocycles. The Hall–Kier alpha value is -9.71. The number of phenols is 1. The molecule has 80 heavy (non-hydrogen) atoms. The predicted octanol–water partition coefficient (Wildman–Crippen LogP) is 5.74. The van der Waals surface area contributed by atoms with Crippen molar-refractivity contribution in [3.8, 4) is 28.2 Å². The highest BCUT2D eigenvalue weighted by Crippen LogP contribution is 2.43. The number of carboxylic acids is 1.